The van der Waals surface area contributed by atoms with Gasteiger partial charge in [0.15, 0.2) is 6.29 Å². The SMILES string of the molecule is Cc1cnc(C(=O)N[C@H]2CCCO[C@H]2O)cc1Cc1ccc(-c2cn(C)nc2C)cc1. The predicted molar refractivity (Wildman–Crippen MR) is 118 cm³/mol. The van der Waals surface area contributed by atoms with Crippen molar-refractivity contribution in [3.63, 3.8) is 0 Å². The smallest absolute Gasteiger partial charge is 0.270 e. The molecule has 0 aliphatic carbocycles. The molecule has 2 atom stereocenters. The van der Waals surface area contributed by atoms with Crippen molar-refractivity contribution in [2.75, 3.05) is 6.61 Å². The van der Waals surface area contributed by atoms with Gasteiger partial charge in [-0.1, -0.05) is 24.3 Å². The van der Waals surface area contributed by atoms with Gasteiger partial charge in [-0.05, 0) is 61.4 Å². The highest BCUT2D eigenvalue weighted by Gasteiger charge is 2.26. The second kappa shape index (κ2) is 8.99. The van der Waals surface area contributed by atoms with Crippen molar-refractivity contribution >= 4 is 5.91 Å². The molecule has 2 aromatic heterocycles. The lowest BCUT2D eigenvalue weighted by molar-refractivity contribution is -0.139. The molecule has 31 heavy (non-hydrogen) atoms. The third-order valence-electron chi connectivity index (χ3n) is 5.73. The molecule has 0 bridgehead atoms. The number of nitrogens with one attached hydrogen (secondary N) is 1. The number of nitrogens with zero attached hydrogens (tertiary/aromatic N) is 3. The molecule has 7 heteroatoms. The molecule has 1 saturated heterocycles. The number of carbonyl (C=O) groups is 1. The molecule has 3 heterocycles. The molecule has 1 aromatic carbocycles. The van der Waals surface area contributed by atoms with Gasteiger partial charge in [0.05, 0.1) is 11.7 Å². The van der Waals surface area contributed by atoms with Gasteiger partial charge in [-0.15, -0.1) is 0 Å². The zero-order chi connectivity index (χ0) is 22.0. The van der Waals surface area contributed by atoms with Gasteiger partial charge in [0.2, 0.25) is 0 Å². The van der Waals surface area contributed by atoms with Crippen LogP contribution in [0, 0.1) is 13.8 Å². The fourth-order valence-corrected chi connectivity index (χ4v) is 3.94. The largest absolute Gasteiger partial charge is 0.366 e. The number of aliphatic hydroxyl groups is 1. The third-order valence-corrected chi connectivity index (χ3v) is 5.73. The summed E-state index contributed by atoms with van der Waals surface area (Å²) in [6.45, 7) is 4.52. The molecule has 0 radical (unpaired) electrons. The van der Waals surface area contributed by atoms with E-state index in [2.05, 4.69) is 39.7 Å². The first-order chi connectivity index (χ1) is 14.9. The van der Waals surface area contributed by atoms with Crippen LogP contribution in [0.3, 0.4) is 0 Å². The molecule has 1 fully saturated rings. The maximum atomic E-state index is 12.7. The molecule has 7 nitrogen and oxygen atoms in total. The van der Waals surface area contributed by atoms with Crippen molar-refractivity contribution < 1.29 is 14.6 Å². The van der Waals surface area contributed by atoms with Crippen molar-refractivity contribution in [2.45, 2.75) is 45.4 Å². The van der Waals surface area contributed by atoms with Crippen molar-refractivity contribution in [1.29, 1.82) is 0 Å². The number of aryl methyl sites for hydroxylation is 3. The summed E-state index contributed by atoms with van der Waals surface area (Å²) >= 11 is 0. The Morgan fingerprint density at radius 2 is 2.06 bits per heavy atom. The van der Waals surface area contributed by atoms with Crippen LogP contribution in [0.2, 0.25) is 0 Å². The number of benzene rings is 1. The fraction of sp³-hybridized carbons (Fsp3) is 0.375. The number of hydrogen-bond donors (Lipinski definition) is 2. The Bertz CT molecular complexity index is 1070. The van der Waals surface area contributed by atoms with Crippen LogP contribution < -0.4 is 5.32 Å². The minimum atomic E-state index is -0.968. The molecule has 1 amide bonds. The van der Waals surface area contributed by atoms with Crippen LogP contribution >= 0.6 is 0 Å². The number of pyridine rings is 1. The van der Waals surface area contributed by atoms with E-state index in [1.807, 2.05) is 37.8 Å². The van der Waals surface area contributed by atoms with E-state index < -0.39 is 12.3 Å². The van der Waals surface area contributed by atoms with Crippen LogP contribution in [0.5, 0.6) is 0 Å². The number of hydrogen-bond acceptors (Lipinski definition) is 5. The summed E-state index contributed by atoms with van der Waals surface area (Å²) in [7, 11) is 1.92. The maximum absolute atomic E-state index is 12.7. The van der Waals surface area contributed by atoms with Crippen LogP contribution in [0.25, 0.3) is 11.1 Å². The molecular weight excluding hydrogens is 392 g/mol. The minimum Gasteiger partial charge on any atom is -0.366 e. The monoisotopic (exact) mass is 420 g/mol. The van der Waals surface area contributed by atoms with Crippen LogP contribution in [0.4, 0.5) is 0 Å². The van der Waals surface area contributed by atoms with E-state index in [4.69, 9.17) is 4.74 Å². The summed E-state index contributed by atoms with van der Waals surface area (Å²) in [6, 6.07) is 9.85. The molecule has 1 aliphatic rings. The van der Waals surface area contributed by atoms with Crippen molar-refractivity contribution in [3.05, 3.63) is 70.8 Å². The summed E-state index contributed by atoms with van der Waals surface area (Å²) < 4.78 is 7.04. The number of rotatable bonds is 5. The van der Waals surface area contributed by atoms with Gasteiger partial charge in [0, 0.05) is 31.6 Å². The van der Waals surface area contributed by atoms with E-state index in [9.17, 15) is 9.90 Å². The van der Waals surface area contributed by atoms with Crippen LogP contribution in [-0.4, -0.2) is 44.7 Å². The lowest BCUT2D eigenvalue weighted by Gasteiger charge is -2.28. The van der Waals surface area contributed by atoms with E-state index >= 15 is 0 Å². The van der Waals surface area contributed by atoms with E-state index in [1.54, 1.807) is 6.20 Å². The molecular formula is C24H28N4O3. The summed E-state index contributed by atoms with van der Waals surface area (Å²) in [4.78, 5) is 17.0. The topological polar surface area (TPSA) is 89.3 Å². The van der Waals surface area contributed by atoms with E-state index in [0.717, 1.165) is 39.9 Å². The zero-order valence-electron chi connectivity index (χ0n) is 18.1. The Labute approximate surface area is 182 Å². The Balaban J connectivity index is 1.48. The summed E-state index contributed by atoms with van der Waals surface area (Å²) in [5.41, 5.74) is 6.85. The van der Waals surface area contributed by atoms with Gasteiger partial charge in [-0.3, -0.25) is 14.5 Å². The summed E-state index contributed by atoms with van der Waals surface area (Å²) in [6.07, 6.45) is 4.99. The lowest BCUT2D eigenvalue weighted by atomic mass is 9.98. The van der Waals surface area contributed by atoms with Gasteiger partial charge in [0.25, 0.3) is 5.91 Å². The lowest BCUT2D eigenvalue weighted by Crippen LogP contribution is -2.47. The highest BCUT2D eigenvalue weighted by molar-refractivity contribution is 5.92. The van der Waals surface area contributed by atoms with Crippen molar-refractivity contribution in [3.8, 4) is 11.1 Å². The first kappa shape index (κ1) is 21.2. The maximum Gasteiger partial charge on any atom is 0.270 e. The number of aromatic nitrogens is 3. The Morgan fingerprint density at radius 1 is 1.29 bits per heavy atom. The Hall–Kier alpha value is -3.03. The van der Waals surface area contributed by atoms with Crippen LogP contribution in [0.15, 0.2) is 42.7 Å². The number of carbonyl (C=O) groups excluding carboxylic acids is 1. The highest BCUT2D eigenvalue weighted by atomic mass is 16.6. The second-order valence-corrected chi connectivity index (χ2v) is 8.16. The predicted octanol–water partition coefficient (Wildman–Crippen LogP) is 2.92. The van der Waals surface area contributed by atoms with Gasteiger partial charge < -0.3 is 15.2 Å². The first-order valence-electron chi connectivity index (χ1n) is 10.6. The van der Waals surface area contributed by atoms with E-state index in [1.165, 1.54) is 0 Å². The molecule has 0 unspecified atom stereocenters. The van der Waals surface area contributed by atoms with Gasteiger partial charge in [-0.2, -0.15) is 5.10 Å². The molecule has 0 spiro atoms. The average Bonchev–Trinajstić information content (AvgIpc) is 3.09. The van der Waals surface area contributed by atoms with Crippen molar-refractivity contribution in [2.24, 2.45) is 7.05 Å². The Morgan fingerprint density at radius 3 is 2.74 bits per heavy atom. The average molecular weight is 421 g/mol. The second-order valence-electron chi connectivity index (χ2n) is 8.16. The van der Waals surface area contributed by atoms with E-state index in [-0.39, 0.29) is 5.91 Å². The van der Waals surface area contributed by atoms with Gasteiger partial charge in [-0.25, -0.2) is 0 Å². The van der Waals surface area contributed by atoms with E-state index in [0.29, 0.717) is 25.1 Å². The standard InChI is InChI=1S/C24H28N4O3/c1-15-13-25-22(23(29)26-21-5-4-10-31-24(21)30)12-19(15)11-17-6-8-18(9-7-17)20-14-28(3)27-16(20)2/h6-9,12-14,21,24,30H,4-5,10-11H2,1-3H3,(H,26,29)/t21-,24+/m0/s1. The quantitative estimate of drug-likeness (QED) is 0.663. The summed E-state index contributed by atoms with van der Waals surface area (Å²) in [5.74, 6) is -0.293. The van der Waals surface area contributed by atoms with Crippen molar-refractivity contribution in [1.82, 2.24) is 20.1 Å². The van der Waals surface area contributed by atoms with Crippen LogP contribution in [-0.2, 0) is 18.2 Å². The molecule has 3 aromatic rings. The summed E-state index contributed by atoms with van der Waals surface area (Å²) in [5, 5.41) is 17.2. The van der Waals surface area contributed by atoms with Crippen LogP contribution in [0.1, 0.15) is 45.7 Å². The number of aliphatic hydroxyl groups excluding tert-OH is 1. The number of amides is 1. The first-order valence-corrected chi connectivity index (χ1v) is 10.6. The molecule has 4 rings (SSSR count). The molecule has 162 valence electrons. The van der Waals surface area contributed by atoms with Gasteiger partial charge >= 0.3 is 0 Å². The highest BCUT2D eigenvalue weighted by Crippen LogP contribution is 2.24. The molecule has 1 aliphatic heterocycles. The third kappa shape index (κ3) is 4.84. The fourth-order valence-electron chi connectivity index (χ4n) is 3.94. The molecule has 0 saturated carbocycles. The minimum absolute atomic E-state index is 0.293. The number of ether oxygens (including phenoxy) is 1. The normalized spacial score (nSPS) is 18.7. The zero-order valence-corrected chi connectivity index (χ0v) is 18.1. The Kier molecular flexibility index (Phi) is 6.15. The molecule has 2 N–H and O–H groups in total. The van der Waals surface area contributed by atoms with Gasteiger partial charge in [0.1, 0.15) is 5.69 Å².